The van der Waals surface area contributed by atoms with Gasteiger partial charge in [-0.05, 0) is 28.9 Å². The van der Waals surface area contributed by atoms with E-state index in [2.05, 4.69) is 35.8 Å². The topological polar surface area (TPSA) is 38.3 Å². The number of hydrogen-bond acceptors (Lipinski definition) is 3. The second-order valence-electron chi connectivity index (χ2n) is 5.97. The molecule has 1 fully saturated rings. The molecule has 3 heteroatoms. The van der Waals surface area contributed by atoms with Gasteiger partial charge in [0.25, 0.3) is 0 Å². The molecule has 1 heterocycles. The molecule has 1 aliphatic carbocycles. The second-order valence-corrected chi connectivity index (χ2v) is 5.97. The lowest BCUT2D eigenvalue weighted by Gasteiger charge is -2.33. The van der Waals surface area contributed by atoms with E-state index in [-0.39, 0.29) is 18.0 Å². The zero-order valence-corrected chi connectivity index (χ0v) is 12.1. The third kappa shape index (κ3) is 2.45. The van der Waals surface area contributed by atoms with Gasteiger partial charge in [0, 0.05) is 18.7 Å². The molecule has 20 heavy (non-hydrogen) atoms. The molecule has 106 valence electrons. The molecule has 0 saturated heterocycles. The van der Waals surface area contributed by atoms with Gasteiger partial charge >= 0.3 is 5.97 Å². The summed E-state index contributed by atoms with van der Waals surface area (Å²) < 4.78 is 5.62. The molecule has 1 aromatic carbocycles. The van der Waals surface area contributed by atoms with Crippen molar-refractivity contribution in [2.45, 2.75) is 45.3 Å². The quantitative estimate of drug-likeness (QED) is 0.824. The Morgan fingerprint density at radius 2 is 2.10 bits per heavy atom. The van der Waals surface area contributed by atoms with Gasteiger partial charge in [-0.25, -0.2) is 0 Å². The van der Waals surface area contributed by atoms with Crippen molar-refractivity contribution < 1.29 is 9.53 Å². The smallest absolute Gasteiger partial charge is 0.308 e. The van der Waals surface area contributed by atoms with E-state index in [4.69, 9.17) is 4.74 Å². The third-order valence-electron chi connectivity index (χ3n) is 4.15. The van der Waals surface area contributed by atoms with Crippen molar-refractivity contribution in [3.05, 3.63) is 34.7 Å². The highest BCUT2D eigenvalue weighted by molar-refractivity contribution is 5.72. The maximum Gasteiger partial charge on any atom is 0.308 e. The number of esters is 1. The van der Waals surface area contributed by atoms with Crippen LogP contribution in [0.5, 0.6) is 0 Å². The zero-order chi connectivity index (χ0) is 14.1. The summed E-state index contributed by atoms with van der Waals surface area (Å²) in [5.41, 5.74) is 1.39. The predicted molar refractivity (Wildman–Crippen MR) is 79.1 cm³/mol. The molecule has 0 aromatic heterocycles. The van der Waals surface area contributed by atoms with E-state index in [0.29, 0.717) is 6.04 Å². The van der Waals surface area contributed by atoms with Crippen molar-refractivity contribution >= 4 is 17.7 Å². The number of hydrogen-bond donors (Lipinski definition) is 1. The number of benzene rings is 1. The van der Waals surface area contributed by atoms with Crippen LogP contribution in [0, 0.1) is 5.92 Å². The fourth-order valence-corrected chi connectivity index (χ4v) is 3.00. The number of carbonyl (C=O) groups excluding carboxylic acids is 1. The van der Waals surface area contributed by atoms with Crippen molar-refractivity contribution in [1.29, 1.82) is 0 Å². The van der Waals surface area contributed by atoms with Crippen LogP contribution in [-0.2, 0) is 9.53 Å². The highest BCUT2D eigenvalue weighted by Crippen LogP contribution is 2.27. The SMILES string of the molecule is CC(C)C(=O)OC1CCC2NC=c3ccccc3=C2C1. The summed E-state index contributed by atoms with van der Waals surface area (Å²) in [4.78, 5) is 11.8. The van der Waals surface area contributed by atoms with Gasteiger partial charge in [0.1, 0.15) is 6.10 Å². The van der Waals surface area contributed by atoms with E-state index in [0.717, 1.165) is 19.3 Å². The maximum atomic E-state index is 11.8. The molecule has 0 radical (unpaired) electrons. The molecule has 3 nitrogen and oxygen atoms in total. The van der Waals surface area contributed by atoms with E-state index < -0.39 is 0 Å². The van der Waals surface area contributed by atoms with Crippen LogP contribution < -0.4 is 15.8 Å². The Morgan fingerprint density at radius 1 is 1.30 bits per heavy atom. The number of nitrogens with one attached hydrogen (secondary N) is 1. The highest BCUT2D eigenvalue weighted by Gasteiger charge is 2.29. The van der Waals surface area contributed by atoms with Crippen LogP contribution in [0.4, 0.5) is 0 Å². The van der Waals surface area contributed by atoms with Crippen LogP contribution in [-0.4, -0.2) is 18.1 Å². The Hall–Kier alpha value is -1.77. The van der Waals surface area contributed by atoms with Crippen LogP contribution in [0.15, 0.2) is 24.3 Å². The predicted octanol–water partition coefficient (Wildman–Crippen LogP) is 1.30. The van der Waals surface area contributed by atoms with Crippen molar-refractivity contribution in [2.75, 3.05) is 0 Å². The minimum atomic E-state index is -0.0855. The van der Waals surface area contributed by atoms with Crippen LogP contribution in [0.2, 0.25) is 0 Å². The van der Waals surface area contributed by atoms with E-state index in [9.17, 15) is 4.79 Å². The van der Waals surface area contributed by atoms with Crippen molar-refractivity contribution in [2.24, 2.45) is 5.92 Å². The first kappa shape index (κ1) is 13.2. The van der Waals surface area contributed by atoms with Gasteiger partial charge in [0.2, 0.25) is 0 Å². The normalized spacial score (nSPS) is 24.2. The van der Waals surface area contributed by atoms with Crippen molar-refractivity contribution in [3.63, 3.8) is 0 Å². The summed E-state index contributed by atoms with van der Waals surface area (Å²) in [6, 6.07) is 8.82. The molecule has 1 aromatic rings. The number of rotatable bonds is 2. The van der Waals surface area contributed by atoms with Crippen molar-refractivity contribution in [1.82, 2.24) is 5.32 Å². The minimum Gasteiger partial charge on any atom is -0.462 e. The first-order valence-electron chi connectivity index (χ1n) is 7.40. The molecule has 1 aliphatic heterocycles. The third-order valence-corrected chi connectivity index (χ3v) is 4.15. The largest absolute Gasteiger partial charge is 0.462 e. The van der Waals surface area contributed by atoms with Gasteiger partial charge in [-0.15, -0.1) is 0 Å². The Labute approximate surface area is 119 Å². The van der Waals surface area contributed by atoms with Crippen molar-refractivity contribution in [3.8, 4) is 0 Å². The Balaban J connectivity index is 1.88. The maximum absolute atomic E-state index is 11.8. The lowest BCUT2D eigenvalue weighted by molar-refractivity contribution is -0.153. The molecule has 0 bridgehead atoms. The number of carbonyl (C=O) groups is 1. The highest BCUT2D eigenvalue weighted by atomic mass is 16.5. The molecular formula is C17H21NO2. The Kier molecular flexibility index (Phi) is 3.51. The average molecular weight is 271 g/mol. The molecule has 2 aliphatic rings. The Morgan fingerprint density at radius 3 is 2.90 bits per heavy atom. The molecule has 0 spiro atoms. The lowest BCUT2D eigenvalue weighted by Crippen LogP contribution is -2.46. The fourth-order valence-electron chi connectivity index (χ4n) is 3.00. The van der Waals surface area contributed by atoms with E-state index in [1.54, 1.807) is 0 Å². The second kappa shape index (κ2) is 5.31. The van der Waals surface area contributed by atoms with Gasteiger partial charge in [-0.3, -0.25) is 4.79 Å². The molecule has 3 rings (SSSR count). The van der Waals surface area contributed by atoms with E-state index >= 15 is 0 Å². The molecule has 2 unspecified atom stereocenters. The summed E-state index contributed by atoms with van der Waals surface area (Å²) in [6.45, 7) is 3.76. The summed E-state index contributed by atoms with van der Waals surface area (Å²) in [7, 11) is 0. The average Bonchev–Trinajstić information content (AvgIpc) is 2.47. The first-order valence-corrected chi connectivity index (χ1v) is 7.40. The zero-order valence-electron chi connectivity index (χ0n) is 12.1. The minimum absolute atomic E-state index is 0.0316. The van der Waals surface area contributed by atoms with Gasteiger partial charge in [-0.2, -0.15) is 0 Å². The standard InChI is InChI=1S/C17H21NO2/c1-11(2)17(19)20-13-7-8-16-15(9-13)14-6-4-3-5-12(14)10-18-16/h3-6,10-11,13,16,18H,7-9H2,1-2H3. The lowest BCUT2D eigenvalue weighted by atomic mass is 9.85. The van der Waals surface area contributed by atoms with Gasteiger partial charge < -0.3 is 10.1 Å². The fraction of sp³-hybridized carbons (Fsp3) is 0.471. The van der Waals surface area contributed by atoms with Gasteiger partial charge in [0.15, 0.2) is 0 Å². The molecule has 2 atom stereocenters. The summed E-state index contributed by atoms with van der Waals surface area (Å²) in [5.74, 6) is -0.138. The molecule has 1 saturated carbocycles. The monoisotopic (exact) mass is 271 g/mol. The molecule has 1 N–H and O–H groups in total. The first-order chi connectivity index (χ1) is 9.65. The van der Waals surface area contributed by atoms with E-state index in [1.807, 2.05) is 13.8 Å². The molecule has 0 amide bonds. The number of ether oxygens (including phenoxy) is 1. The Bertz CT molecular complexity index is 633. The summed E-state index contributed by atoms with van der Waals surface area (Å²) in [5, 5.41) is 6.01. The van der Waals surface area contributed by atoms with Gasteiger partial charge in [0.05, 0.1) is 5.92 Å². The van der Waals surface area contributed by atoms with Crippen LogP contribution in [0.25, 0.3) is 11.8 Å². The van der Waals surface area contributed by atoms with Crippen LogP contribution in [0.1, 0.15) is 33.1 Å². The van der Waals surface area contributed by atoms with Gasteiger partial charge in [-0.1, -0.05) is 38.1 Å². The molecular weight excluding hydrogens is 250 g/mol. The summed E-state index contributed by atoms with van der Waals surface area (Å²) >= 11 is 0. The summed E-state index contributed by atoms with van der Waals surface area (Å²) in [6.07, 6.45) is 4.95. The van der Waals surface area contributed by atoms with E-state index in [1.165, 1.54) is 16.0 Å². The van der Waals surface area contributed by atoms with Crippen LogP contribution in [0.3, 0.4) is 0 Å². The number of fused-ring (bicyclic) bond motifs is 2. The van der Waals surface area contributed by atoms with Crippen LogP contribution >= 0.6 is 0 Å².